The van der Waals surface area contributed by atoms with Crippen molar-refractivity contribution in [2.24, 2.45) is 0 Å². The summed E-state index contributed by atoms with van der Waals surface area (Å²) in [6.07, 6.45) is -1.46. The van der Waals surface area contributed by atoms with Gasteiger partial charge in [-0.15, -0.1) is 0 Å². The summed E-state index contributed by atoms with van der Waals surface area (Å²) >= 11 is 0. The number of hydrogen-bond donors (Lipinski definition) is 2. The number of rotatable bonds is 4. The number of carbonyl (C=O) groups is 1. The molecule has 4 rings (SSSR count). The molecule has 0 saturated carbocycles. The van der Waals surface area contributed by atoms with Gasteiger partial charge in [0.1, 0.15) is 5.75 Å². The van der Waals surface area contributed by atoms with Crippen molar-refractivity contribution in [2.45, 2.75) is 43.6 Å². The van der Waals surface area contributed by atoms with Crippen LogP contribution in [-0.4, -0.2) is 29.2 Å². The van der Waals surface area contributed by atoms with E-state index < -0.39 is 11.9 Å². The van der Waals surface area contributed by atoms with Crippen LogP contribution in [0, 0.1) is 0 Å². The summed E-state index contributed by atoms with van der Waals surface area (Å²) in [6, 6.07) is 7.72. The number of halogens is 3. The fourth-order valence-electron chi connectivity index (χ4n) is 3.47. The summed E-state index contributed by atoms with van der Waals surface area (Å²) in [5, 5.41) is 9.70. The monoisotopic (exact) mass is 367 g/mol. The Morgan fingerprint density at radius 2 is 2.04 bits per heavy atom. The molecule has 2 aliphatic heterocycles. The maximum atomic E-state index is 12.5. The van der Waals surface area contributed by atoms with Crippen molar-refractivity contribution >= 4 is 5.91 Å². The van der Waals surface area contributed by atoms with Gasteiger partial charge < -0.3 is 19.9 Å². The molecule has 2 aliphatic rings. The van der Waals surface area contributed by atoms with Crippen molar-refractivity contribution in [1.82, 2.24) is 15.8 Å². The number of nitrogens with zero attached hydrogens (tertiary/aromatic N) is 1. The quantitative estimate of drug-likeness (QED) is 0.868. The molecule has 3 unspecified atom stereocenters. The van der Waals surface area contributed by atoms with Gasteiger partial charge in [-0.2, -0.15) is 13.2 Å². The maximum Gasteiger partial charge on any atom is 0.452 e. The number of hydrogen-bond acceptors (Lipinski definition) is 5. The molecule has 26 heavy (non-hydrogen) atoms. The van der Waals surface area contributed by atoms with E-state index in [1.54, 1.807) is 12.1 Å². The van der Waals surface area contributed by atoms with Crippen LogP contribution in [-0.2, 0) is 6.18 Å². The third-order valence-corrected chi connectivity index (χ3v) is 4.72. The molecule has 0 radical (unpaired) electrons. The van der Waals surface area contributed by atoms with Crippen LogP contribution in [0.5, 0.6) is 11.6 Å². The first-order chi connectivity index (χ1) is 12.4. The summed E-state index contributed by atoms with van der Waals surface area (Å²) in [7, 11) is 0. The molecule has 3 atom stereocenters. The largest absolute Gasteiger partial charge is 0.452 e. The molecular formula is C17H16F3N3O3. The average Bonchev–Trinajstić information content (AvgIpc) is 3.31. The van der Waals surface area contributed by atoms with Gasteiger partial charge in [0.2, 0.25) is 5.76 Å². The van der Waals surface area contributed by atoms with E-state index in [1.165, 1.54) is 12.1 Å². The molecule has 2 aromatic rings. The van der Waals surface area contributed by atoms with Crippen molar-refractivity contribution in [3.63, 3.8) is 0 Å². The summed E-state index contributed by atoms with van der Waals surface area (Å²) in [4.78, 5) is 12.3. The molecule has 2 fully saturated rings. The Bertz CT molecular complexity index is 804. The summed E-state index contributed by atoms with van der Waals surface area (Å²) in [5.41, 5.74) is 0.455. The molecule has 2 saturated heterocycles. The lowest BCUT2D eigenvalue weighted by Crippen LogP contribution is -2.42. The number of aromatic nitrogens is 1. The number of carbonyl (C=O) groups excluding carboxylic acids is 1. The van der Waals surface area contributed by atoms with E-state index in [1.807, 2.05) is 0 Å². The second kappa shape index (κ2) is 6.31. The molecule has 1 aromatic heterocycles. The number of alkyl halides is 3. The lowest BCUT2D eigenvalue weighted by atomic mass is 9.95. The van der Waals surface area contributed by atoms with Crippen LogP contribution in [0.4, 0.5) is 13.2 Å². The van der Waals surface area contributed by atoms with E-state index in [0.29, 0.717) is 23.7 Å². The van der Waals surface area contributed by atoms with Gasteiger partial charge in [0.05, 0.1) is 6.07 Å². The van der Waals surface area contributed by atoms with Crippen LogP contribution in [0.25, 0.3) is 0 Å². The molecule has 138 valence electrons. The van der Waals surface area contributed by atoms with Crippen LogP contribution in [0.3, 0.4) is 0 Å². The lowest BCUT2D eigenvalue weighted by molar-refractivity contribution is -0.155. The van der Waals surface area contributed by atoms with E-state index in [0.717, 1.165) is 19.3 Å². The van der Waals surface area contributed by atoms with Crippen LogP contribution in [0.1, 0.15) is 35.4 Å². The van der Waals surface area contributed by atoms with Gasteiger partial charge in [-0.3, -0.25) is 4.79 Å². The third-order valence-electron chi connectivity index (χ3n) is 4.72. The average molecular weight is 367 g/mol. The Morgan fingerprint density at radius 3 is 2.62 bits per heavy atom. The van der Waals surface area contributed by atoms with E-state index >= 15 is 0 Å². The Balaban J connectivity index is 1.37. The zero-order valence-electron chi connectivity index (χ0n) is 13.5. The first-order valence-corrected chi connectivity index (χ1v) is 8.27. The Labute approximate surface area is 146 Å². The minimum Gasteiger partial charge on any atom is -0.436 e. The predicted octanol–water partition coefficient (Wildman–Crippen LogP) is 3.11. The lowest BCUT2D eigenvalue weighted by Gasteiger charge is -2.21. The molecule has 0 spiro atoms. The van der Waals surface area contributed by atoms with Gasteiger partial charge in [0, 0.05) is 23.7 Å². The van der Waals surface area contributed by atoms with E-state index in [2.05, 4.69) is 20.3 Å². The smallest absolute Gasteiger partial charge is 0.436 e. The molecule has 1 aromatic carbocycles. The minimum absolute atomic E-state index is 0.132. The van der Waals surface area contributed by atoms with Gasteiger partial charge in [-0.1, -0.05) is 0 Å². The van der Waals surface area contributed by atoms with Gasteiger partial charge in [0.25, 0.3) is 11.8 Å². The second-order valence-corrected chi connectivity index (χ2v) is 6.52. The second-order valence-electron chi connectivity index (χ2n) is 6.52. The SMILES string of the molecule is O=C(NC1CC2CCC1N2)c1ccc(Oc2cc(C(F)(F)F)on2)cc1. The van der Waals surface area contributed by atoms with Crippen molar-refractivity contribution in [3.05, 3.63) is 41.7 Å². The Kier molecular flexibility index (Phi) is 4.10. The predicted molar refractivity (Wildman–Crippen MR) is 83.8 cm³/mol. The van der Waals surface area contributed by atoms with Crippen LogP contribution >= 0.6 is 0 Å². The third kappa shape index (κ3) is 3.39. The van der Waals surface area contributed by atoms with Gasteiger partial charge >= 0.3 is 6.18 Å². The highest BCUT2D eigenvalue weighted by Gasteiger charge is 2.39. The molecule has 1 amide bonds. The number of ether oxygens (including phenoxy) is 1. The van der Waals surface area contributed by atoms with Crippen LogP contribution in [0.2, 0.25) is 0 Å². The first kappa shape index (κ1) is 16.9. The first-order valence-electron chi connectivity index (χ1n) is 8.27. The number of amides is 1. The number of benzene rings is 1. The molecule has 6 nitrogen and oxygen atoms in total. The normalized spacial score (nSPS) is 24.7. The molecule has 3 heterocycles. The fourth-order valence-corrected chi connectivity index (χ4v) is 3.47. The highest BCUT2D eigenvalue weighted by molar-refractivity contribution is 5.94. The molecule has 9 heteroatoms. The van der Waals surface area contributed by atoms with Crippen molar-refractivity contribution in [1.29, 1.82) is 0 Å². The zero-order valence-corrected chi connectivity index (χ0v) is 13.5. The summed E-state index contributed by atoms with van der Waals surface area (Å²) in [6.45, 7) is 0. The highest BCUT2D eigenvalue weighted by atomic mass is 19.4. The Hall–Kier alpha value is -2.55. The maximum absolute atomic E-state index is 12.5. The van der Waals surface area contributed by atoms with E-state index in [9.17, 15) is 18.0 Å². The summed E-state index contributed by atoms with van der Waals surface area (Å²) < 4.78 is 46.8. The van der Waals surface area contributed by atoms with Gasteiger partial charge in [0.15, 0.2) is 0 Å². The molecule has 0 aliphatic carbocycles. The topological polar surface area (TPSA) is 76.4 Å². The number of nitrogens with one attached hydrogen (secondary N) is 2. The highest BCUT2D eigenvalue weighted by Crippen LogP contribution is 2.32. The van der Waals surface area contributed by atoms with E-state index in [4.69, 9.17) is 4.74 Å². The summed E-state index contributed by atoms with van der Waals surface area (Å²) in [5.74, 6) is -1.47. The van der Waals surface area contributed by atoms with Crippen LogP contribution in [0.15, 0.2) is 34.9 Å². The molecular weight excluding hydrogens is 351 g/mol. The van der Waals surface area contributed by atoms with E-state index in [-0.39, 0.29) is 23.6 Å². The van der Waals surface area contributed by atoms with Gasteiger partial charge in [-0.05, 0) is 48.7 Å². The standard InChI is InChI=1S/C17H16F3N3O3/c18-17(19,20)14-8-15(23-26-14)25-11-4-1-9(2-5-11)16(24)22-13-7-10-3-6-12(13)21-10/h1-2,4-5,8,10,12-13,21H,3,6-7H2,(H,22,24). The van der Waals surface area contributed by atoms with Crippen molar-refractivity contribution in [3.8, 4) is 11.6 Å². The minimum atomic E-state index is -4.62. The fraction of sp³-hybridized carbons (Fsp3) is 0.412. The van der Waals surface area contributed by atoms with Crippen molar-refractivity contribution in [2.75, 3.05) is 0 Å². The zero-order chi connectivity index (χ0) is 18.3. The van der Waals surface area contributed by atoms with Crippen LogP contribution < -0.4 is 15.4 Å². The number of fused-ring (bicyclic) bond motifs is 2. The molecule has 2 bridgehead atoms. The Morgan fingerprint density at radius 1 is 1.27 bits per heavy atom. The molecule has 2 N–H and O–H groups in total. The van der Waals surface area contributed by atoms with Crippen molar-refractivity contribution < 1.29 is 27.2 Å². The van der Waals surface area contributed by atoms with Gasteiger partial charge in [-0.25, -0.2) is 0 Å².